The number of allylic oxidation sites excluding steroid dienone is 1. The lowest BCUT2D eigenvalue weighted by molar-refractivity contribution is -0.136. The number of carboxylic acids is 1. The van der Waals surface area contributed by atoms with Gasteiger partial charge in [-0.2, -0.15) is 0 Å². The smallest absolute Gasteiger partial charge is 0.305 e. The molecule has 2 N–H and O–H groups in total. The van der Waals surface area contributed by atoms with E-state index in [1.54, 1.807) is 12.1 Å². The van der Waals surface area contributed by atoms with Crippen LogP contribution in [0.5, 0.6) is 5.75 Å². The molecule has 0 aromatic heterocycles. The van der Waals surface area contributed by atoms with E-state index in [0.29, 0.717) is 11.5 Å². The van der Waals surface area contributed by atoms with Crippen LogP contribution in [0.1, 0.15) is 62.7 Å². The van der Waals surface area contributed by atoms with Gasteiger partial charge in [0.1, 0.15) is 18.0 Å². The zero-order valence-electron chi connectivity index (χ0n) is 17.2. The van der Waals surface area contributed by atoms with Crippen molar-refractivity contribution in [1.82, 2.24) is 5.32 Å². The highest BCUT2D eigenvalue weighted by atomic mass is 16.5. The van der Waals surface area contributed by atoms with Crippen molar-refractivity contribution in [2.75, 3.05) is 6.54 Å². The van der Waals surface area contributed by atoms with Gasteiger partial charge < -0.3 is 19.9 Å². The molecule has 3 rings (SSSR count). The van der Waals surface area contributed by atoms with Crippen LogP contribution >= 0.6 is 0 Å². The minimum Gasteiger partial charge on any atom is -0.495 e. The van der Waals surface area contributed by atoms with Gasteiger partial charge in [0.2, 0.25) is 0 Å². The van der Waals surface area contributed by atoms with E-state index < -0.39 is 5.97 Å². The summed E-state index contributed by atoms with van der Waals surface area (Å²) in [5, 5.41) is 11.3. The van der Waals surface area contributed by atoms with Crippen LogP contribution in [0, 0.1) is 11.8 Å². The first kappa shape index (κ1) is 21.2. The van der Waals surface area contributed by atoms with E-state index >= 15 is 0 Å². The first-order valence-electron chi connectivity index (χ1n) is 10.6. The number of carbonyl (C=O) groups excluding carboxylic acids is 1. The maximum absolute atomic E-state index is 12.1. The molecule has 1 aromatic carbocycles. The zero-order valence-corrected chi connectivity index (χ0v) is 17.2. The second-order valence-electron chi connectivity index (χ2n) is 8.08. The number of hydrogen-bond acceptors (Lipinski definition) is 4. The lowest BCUT2D eigenvalue weighted by Crippen LogP contribution is -2.39. The lowest BCUT2D eigenvalue weighted by atomic mass is 9.79. The van der Waals surface area contributed by atoms with Crippen molar-refractivity contribution in [3.8, 4) is 5.75 Å². The average Bonchev–Trinajstić information content (AvgIpc) is 3.04. The van der Waals surface area contributed by atoms with Crippen molar-refractivity contribution < 1.29 is 24.2 Å². The molecule has 3 atom stereocenters. The molecule has 158 valence electrons. The van der Waals surface area contributed by atoms with Crippen molar-refractivity contribution in [3.05, 3.63) is 41.7 Å². The van der Waals surface area contributed by atoms with Gasteiger partial charge in [-0.3, -0.25) is 9.59 Å². The normalized spacial score (nSPS) is 23.0. The van der Waals surface area contributed by atoms with Crippen LogP contribution in [0.15, 0.2) is 36.1 Å². The van der Waals surface area contributed by atoms with E-state index in [4.69, 9.17) is 14.6 Å². The topological polar surface area (TPSA) is 84.9 Å². The Hall–Kier alpha value is -2.50. The van der Waals surface area contributed by atoms with Crippen LogP contribution in [-0.2, 0) is 9.53 Å². The highest BCUT2D eigenvalue weighted by Crippen LogP contribution is 2.37. The maximum Gasteiger partial charge on any atom is 0.305 e. The molecular formula is C23H31NO5. The summed E-state index contributed by atoms with van der Waals surface area (Å²) < 4.78 is 12.3. The second-order valence-corrected chi connectivity index (χ2v) is 8.08. The van der Waals surface area contributed by atoms with E-state index in [1.807, 2.05) is 19.1 Å². The molecule has 1 heterocycles. The van der Waals surface area contributed by atoms with Crippen molar-refractivity contribution in [2.24, 2.45) is 11.8 Å². The molecule has 0 radical (unpaired) electrons. The van der Waals surface area contributed by atoms with Crippen LogP contribution in [0.3, 0.4) is 0 Å². The zero-order chi connectivity index (χ0) is 20.8. The molecule has 2 aliphatic rings. The van der Waals surface area contributed by atoms with Gasteiger partial charge in [-0.15, -0.1) is 0 Å². The molecule has 0 bridgehead atoms. The number of carboxylic acid groups (broad SMARTS) is 1. The summed E-state index contributed by atoms with van der Waals surface area (Å²) >= 11 is 0. The highest BCUT2D eigenvalue weighted by molar-refractivity contribution is 5.94. The third-order valence-corrected chi connectivity index (χ3v) is 5.85. The van der Waals surface area contributed by atoms with E-state index in [2.05, 4.69) is 18.3 Å². The Bertz CT molecular complexity index is 736. The summed E-state index contributed by atoms with van der Waals surface area (Å²) in [5.41, 5.74) is 0.491. The molecular weight excluding hydrogens is 370 g/mol. The lowest BCUT2D eigenvalue weighted by Gasteiger charge is -2.35. The van der Waals surface area contributed by atoms with Crippen molar-refractivity contribution in [2.45, 2.75) is 64.6 Å². The van der Waals surface area contributed by atoms with E-state index in [-0.39, 0.29) is 37.0 Å². The van der Waals surface area contributed by atoms with Gasteiger partial charge >= 0.3 is 5.97 Å². The first-order chi connectivity index (χ1) is 13.9. The number of benzene rings is 1. The van der Waals surface area contributed by atoms with Crippen LogP contribution in [-0.4, -0.2) is 35.7 Å². The molecule has 1 fully saturated rings. The standard InChI is InChI=1S/C23H31NO5/c1-15-14-20(16(2)28-15)22(17-6-4-3-5-7-17)29-19-10-8-18(9-11-19)23(27)24-13-12-21(25)26/h8-11,14,16-17,20,22H,3-7,12-13H2,1-2H3,(H,24,27)(H,25,26). The van der Waals surface area contributed by atoms with Crippen molar-refractivity contribution in [3.63, 3.8) is 0 Å². The number of amides is 1. The third kappa shape index (κ3) is 5.75. The van der Waals surface area contributed by atoms with Crippen molar-refractivity contribution in [1.29, 1.82) is 0 Å². The van der Waals surface area contributed by atoms with E-state index in [0.717, 1.165) is 11.5 Å². The van der Waals surface area contributed by atoms with Gasteiger partial charge in [0.25, 0.3) is 5.91 Å². The summed E-state index contributed by atoms with van der Waals surface area (Å²) in [6.07, 6.45) is 8.36. The Labute approximate surface area is 172 Å². The minimum atomic E-state index is -0.933. The van der Waals surface area contributed by atoms with Crippen molar-refractivity contribution >= 4 is 11.9 Å². The fourth-order valence-corrected chi connectivity index (χ4v) is 4.36. The van der Waals surface area contributed by atoms with Gasteiger partial charge in [-0.1, -0.05) is 19.3 Å². The monoisotopic (exact) mass is 401 g/mol. The molecule has 3 unspecified atom stereocenters. The largest absolute Gasteiger partial charge is 0.495 e. The number of nitrogens with one attached hydrogen (secondary N) is 1. The number of carbonyl (C=O) groups is 2. The molecule has 6 nitrogen and oxygen atoms in total. The second kappa shape index (κ2) is 9.81. The quantitative estimate of drug-likeness (QED) is 0.683. The van der Waals surface area contributed by atoms with E-state index in [9.17, 15) is 9.59 Å². The Morgan fingerprint density at radius 2 is 1.90 bits per heavy atom. The van der Waals surface area contributed by atoms with Crippen LogP contribution in [0.4, 0.5) is 0 Å². The van der Waals surface area contributed by atoms with Gasteiger partial charge in [0.15, 0.2) is 0 Å². The number of aliphatic carboxylic acids is 1. The summed E-state index contributed by atoms with van der Waals surface area (Å²) in [6.45, 7) is 4.20. The van der Waals surface area contributed by atoms with Crippen LogP contribution in [0.25, 0.3) is 0 Å². The first-order valence-corrected chi connectivity index (χ1v) is 10.6. The van der Waals surface area contributed by atoms with Gasteiger partial charge in [-0.25, -0.2) is 0 Å². The molecule has 6 heteroatoms. The third-order valence-electron chi connectivity index (χ3n) is 5.85. The maximum atomic E-state index is 12.1. The highest BCUT2D eigenvalue weighted by Gasteiger charge is 2.38. The molecule has 1 aromatic rings. The van der Waals surface area contributed by atoms with Gasteiger partial charge in [0.05, 0.1) is 18.1 Å². The molecule has 1 saturated carbocycles. The summed E-state index contributed by atoms with van der Waals surface area (Å²) in [6, 6.07) is 7.08. The fourth-order valence-electron chi connectivity index (χ4n) is 4.36. The number of hydrogen-bond donors (Lipinski definition) is 2. The Kier molecular flexibility index (Phi) is 7.18. The number of rotatable bonds is 8. The van der Waals surface area contributed by atoms with E-state index in [1.165, 1.54) is 32.1 Å². The Morgan fingerprint density at radius 3 is 2.48 bits per heavy atom. The van der Waals surface area contributed by atoms with Gasteiger partial charge in [-0.05, 0) is 62.9 Å². The fraction of sp³-hybridized carbons (Fsp3) is 0.565. The number of ether oxygens (including phenoxy) is 2. The summed E-state index contributed by atoms with van der Waals surface area (Å²) in [4.78, 5) is 22.7. The summed E-state index contributed by atoms with van der Waals surface area (Å²) in [5.74, 6) is 1.21. The Balaban J connectivity index is 1.67. The average molecular weight is 402 g/mol. The van der Waals surface area contributed by atoms with Crippen LogP contribution < -0.4 is 10.1 Å². The minimum absolute atomic E-state index is 0.0537. The molecule has 0 saturated heterocycles. The molecule has 1 amide bonds. The molecule has 1 aliphatic carbocycles. The molecule has 1 aliphatic heterocycles. The van der Waals surface area contributed by atoms with Crippen LogP contribution in [0.2, 0.25) is 0 Å². The Morgan fingerprint density at radius 1 is 1.21 bits per heavy atom. The molecule has 29 heavy (non-hydrogen) atoms. The summed E-state index contributed by atoms with van der Waals surface area (Å²) in [7, 11) is 0. The SMILES string of the molecule is CC1=CC(C(Oc2ccc(C(=O)NCCC(=O)O)cc2)C2CCCCC2)C(C)O1. The van der Waals surface area contributed by atoms with Gasteiger partial charge in [0, 0.05) is 12.1 Å². The molecule has 0 spiro atoms. The predicted octanol–water partition coefficient (Wildman–Crippen LogP) is 4.16. The predicted molar refractivity (Wildman–Crippen MR) is 110 cm³/mol.